The second-order valence-corrected chi connectivity index (χ2v) is 8.34. The summed E-state index contributed by atoms with van der Waals surface area (Å²) in [5.74, 6) is -3.10. The van der Waals surface area contributed by atoms with E-state index in [2.05, 4.69) is 20.4 Å². The Morgan fingerprint density at radius 3 is 2.65 bits per heavy atom. The first-order chi connectivity index (χ1) is 14.9. The summed E-state index contributed by atoms with van der Waals surface area (Å²) in [5.41, 5.74) is 2.36. The first kappa shape index (κ1) is 19.8. The topological polar surface area (TPSA) is 54.6 Å². The van der Waals surface area contributed by atoms with Crippen molar-refractivity contribution in [3.63, 3.8) is 0 Å². The third kappa shape index (κ3) is 4.06. The van der Waals surface area contributed by atoms with Crippen LogP contribution in [0, 0.1) is 11.7 Å². The summed E-state index contributed by atoms with van der Waals surface area (Å²) in [6, 6.07) is 6.07. The number of fused-ring (bicyclic) bond motifs is 1. The first-order valence-electron chi connectivity index (χ1n) is 10.4. The van der Waals surface area contributed by atoms with Gasteiger partial charge in [0.05, 0.1) is 6.54 Å². The highest BCUT2D eigenvalue weighted by Gasteiger charge is 2.39. The summed E-state index contributed by atoms with van der Waals surface area (Å²) in [6.45, 7) is 2.52. The number of alkyl halides is 2. The Balaban J connectivity index is 1.56. The van der Waals surface area contributed by atoms with Crippen molar-refractivity contribution in [2.75, 3.05) is 11.9 Å². The third-order valence-corrected chi connectivity index (χ3v) is 5.67. The minimum absolute atomic E-state index is 0.272. The van der Waals surface area contributed by atoms with Crippen LogP contribution in [0.5, 0.6) is 0 Å². The average molecular weight is 425 g/mol. The molecule has 0 spiro atoms. The number of benzene rings is 1. The van der Waals surface area contributed by atoms with Crippen molar-refractivity contribution in [1.29, 1.82) is 0 Å². The molecule has 0 radical (unpaired) electrons. The van der Waals surface area contributed by atoms with Gasteiger partial charge in [-0.15, -0.1) is 5.10 Å². The molecule has 31 heavy (non-hydrogen) atoms. The Morgan fingerprint density at radius 2 is 1.97 bits per heavy atom. The molecule has 8 heteroatoms. The average Bonchev–Trinajstić information content (AvgIpc) is 3.34. The van der Waals surface area contributed by atoms with E-state index in [0.717, 1.165) is 54.2 Å². The zero-order valence-electron chi connectivity index (χ0n) is 17.1. The number of aliphatic imine (C=N–C) groups is 1. The molecule has 1 aliphatic heterocycles. The van der Waals surface area contributed by atoms with E-state index in [1.165, 1.54) is 17.4 Å². The Bertz CT molecular complexity index is 1190. The minimum Gasteiger partial charge on any atom is -0.323 e. The second kappa shape index (κ2) is 7.51. The fourth-order valence-electron chi connectivity index (χ4n) is 3.71. The predicted octanol–water partition coefficient (Wildman–Crippen LogP) is 5.12. The van der Waals surface area contributed by atoms with E-state index in [9.17, 15) is 4.39 Å². The van der Waals surface area contributed by atoms with Gasteiger partial charge in [-0.2, -0.15) is 8.78 Å². The van der Waals surface area contributed by atoms with E-state index in [0.29, 0.717) is 17.9 Å². The van der Waals surface area contributed by atoms with Crippen molar-refractivity contribution in [3.8, 4) is 0 Å². The fraction of sp³-hybridized carbons (Fsp3) is 0.348. The molecule has 2 aliphatic rings. The monoisotopic (exact) mass is 425 g/mol. The quantitative estimate of drug-likeness (QED) is 0.596. The van der Waals surface area contributed by atoms with Crippen molar-refractivity contribution >= 4 is 17.2 Å². The molecule has 0 bridgehead atoms. The van der Waals surface area contributed by atoms with Crippen molar-refractivity contribution in [1.82, 2.24) is 14.6 Å². The number of amidine groups is 1. The number of hydrogen-bond donors (Lipinski definition) is 1. The first-order valence-corrected chi connectivity index (χ1v) is 10.4. The van der Waals surface area contributed by atoms with Crippen LogP contribution in [0.15, 0.2) is 53.2 Å². The molecular weight excluding hydrogens is 403 g/mol. The largest absolute Gasteiger partial charge is 0.333 e. The molecule has 5 nitrogen and oxygen atoms in total. The maximum Gasteiger partial charge on any atom is 0.333 e. The molecule has 2 aromatic heterocycles. The standard InChI is InChI=1S/C23H22F3N5/c1-14-10-20(27-12-14)28-21-19-11-16(5-4-15-2-3-15)13-31(19)30-22(29-21)23(25,26)17-6-8-18(24)9-7-17/h6-11,13,15H,2-5,12H2,1H3,(H,27,28,29,30). The smallest absolute Gasteiger partial charge is 0.323 e. The van der Waals surface area contributed by atoms with Crippen LogP contribution in [0.2, 0.25) is 0 Å². The highest BCUT2D eigenvalue weighted by atomic mass is 19.3. The van der Waals surface area contributed by atoms with E-state index in [4.69, 9.17) is 0 Å². The van der Waals surface area contributed by atoms with Crippen LogP contribution in [-0.4, -0.2) is 27.0 Å². The van der Waals surface area contributed by atoms with Gasteiger partial charge < -0.3 is 5.32 Å². The number of hydrogen-bond acceptors (Lipinski definition) is 4. The minimum atomic E-state index is -3.49. The van der Waals surface area contributed by atoms with E-state index in [1.807, 2.05) is 19.1 Å². The fourth-order valence-corrected chi connectivity index (χ4v) is 3.71. The highest BCUT2D eigenvalue weighted by Crippen LogP contribution is 2.36. The predicted molar refractivity (Wildman–Crippen MR) is 113 cm³/mol. The number of nitrogens with one attached hydrogen (secondary N) is 1. The summed E-state index contributed by atoms with van der Waals surface area (Å²) < 4.78 is 45.2. The van der Waals surface area contributed by atoms with Gasteiger partial charge in [-0.1, -0.05) is 12.8 Å². The Morgan fingerprint density at radius 1 is 1.19 bits per heavy atom. The summed E-state index contributed by atoms with van der Waals surface area (Å²) in [5, 5.41) is 7.21. The van der Waals surface area contributed by atoms with E-state index in [-0.39, 0.29) is 11.4 Å². The van der Waals surface area contributed by atoms with Gasteiger partial charge in [0.25, 0.3) is 0 Å². The number of anilines is 1. The zero-order chi connectivity index (χ0) is 21.6. The lowest BCUT2D eigenvalue weighted by Crippen LogP contribution is -2.22. The van der Waals surface area contributed by atoms with Crippen LogP contribution in [0.3, 0.4) is 0 Å². The molecule has 3 aromatic rings. The Hall–Kier alpha value is -3.16. The normalized spacial score (nSPS) is 16.5. The maximum absolute atomic E-state index is 15.2. The number of aromatic nitrogens is 3. The molecule has 160 valence electrons. The summed E-state index contributed by atoms with van der Waals surface area (Å²) in [7, 11) is 0. The van der Waals surface area contributed by atoms with Crippen molar-refractivity contribution in [3.05, 3.63) is 70.9 Å². The van der Waals surface area contributed by atoms with Gasteiger partial charge in [0.15, 0.2) is 5.82 Å². The molecule has 3 heterocycles. The molecule has 1 fully saturated rings. The van der Waals surface area contributed by atoms with Gasteiger partial charge in [-0.25, -0.2) is 13.9 Å². The van der Waals surface area contributed by atoms with Gasteiger partial charge >= 0.3 is 5.92 Å². The summed E-state index contributed by atoms with van der Waals surface area (Å²) in [4.78, 5) is 8.55. The number of halogens is 3. The summed E-state index contributed by atoms with van der Waals surface area (Å²) >= 11 is 0. The Labute approximate surface area is 177 Å². The molecular formula is C23H22F3N5. The lowest BCUT2D eigenvalue weighted by Gasteiger charge is -2.17. The van der Waals surface area contributed by atoms with Gasteiger partial charge in [-0.05, 0) is 73.2 Å². The molecule has 0 saturated heterocycles. The Kier molecular flexibility index (Phi) is 4.79. The number of aryl methyl sites for hydroxylation is 1. The van der Waals surface area contributed by atoms with Crippen LogP contribution in [-0.2, 0) is 12.3 Å². The number of rotatable bonds is 6. The SMILES string of the molecule is CC1=CC(Nc2nc(C(F)(F)c3ccc(F)cc3)nn3cc(CCC4CC4)cc23)=NC1. The molecule has 1 N–H and O–H groups in total. The molecule has 1 aromatic carbocycles. The molecule has 0 amide bonds. The molecule has 5 rings (SSSR count). The van der Waals surface area contributed by atoms with Crippen molar-refractivity contribution in [2.45, 2.75) is 38.5 Å². The van der Waals surface area contributed by atoms with Crippen LogP contribution in [0.4, 0.5) is 19.0 Å². The van der Waals surface area contributed by atoms with Crippen LogP contribution < -0.4 is 5.32 Å². The van der Waals surface area contributed by atoms with E-state index >= 15 is 8.78 Å². The zero-order valence-corrected chi connectivity index (χ0v) is 17.1. The molecule has 1 saturated carbocycles. The van der Waals surface area contributed by atoms with Gasteiger partial charge in [0.1, 0.15) is 17.2 Å². The van der Waals surface area contributed by atoms with Gasteiger partial charge in [0, 0.05) is 11.8 Å². The van der Waals surface area contributed by atoms with E-state index < -0.39 is 17.6 Å². The maximum atomic E-state index is 15.2. The third-order valence-electron chi connectivity index (χ3n) is 5.67. The molecule has 0 atom stereocenters. The van der Waals surface area contributed by atoms with Crippen LogP contribution >= 0.6 is 0 Å². The number of nitrogens with zero attached hydrogens (tertiary/aromatic N) is 4. The van der Waals surface area contributed by atoms with Crippen LogP contribution in [0.1, 0.15) is 43.1 Å². The lowest BCUT2D eigenvalue weighted by atomic mass is 10.1. The van der Waals surface area contributed by atoms with Crippen molar-refractivity contribution in [2.24, 2.45) is 10.9 Å². The van der Waals surface area contributed by atoms with E-state index in [1.54, 1.807) is 6.20 Å². The van der Waals surface area contributed by atoms with Crippen molar-refractivity contribution < 1.29 is 13.2 Å². The van der Waals surface area contributed by atoms with Crippen LogP contribution in [0.25, 0.3) is 5.52 Å². The molecule has 1 aliphatic carbocycles. The molecule has 0 unspecified atom stereocenters. The van der Waals surface area contributed by atoms with Gasteiger partial charge in [0.2, 0.25) is 5.82 Å². The highest BCUT2D eigenvalue weighted by molar-refractivity contribution is 6.06. The second-order valence-electron chi connectivity index (χ2n) is 8.34. The summed E-state index contributed by atoms with van der Waals surface area (Å²) in [6.07, 6.45) is 8.14. The lowest BCUT2D eigenvalue weighted by molar-refractivity contribution is 0.0315. The van der Waals surface area contributed by atoms with Gasteiger partial charge in [-0.3, -0.25) is 4.99 Å².